The number of carbonyl (C=O) groups is 2. The Bertz CT molecular complexity index is 334. The number of hydrogen-bond acceptors (Lipinski definition) is 4. The molecule has 5 nitrogen and oxygen atoms in total. The van der Waals surface area contributed by atoms with Gasteiger partial charge in [-0.3, -0.25) is 19.8 Å². The van der Waals surface area contributed by atoms with Gasteiger partial charge in [-0.2, -0.15) is 0 Å². The van der Waals surface area contributed by atoms with Crippen LogP contribution in [-0.4, -0.2) is 41.4 Å². The summed E-state index contributed by atoms with van der Waals surface area (Å²) in [7, 11) is 0. The second-order valence-electron chi connectivity index (χ2n) is 6.18. The summed E-state index contributed by atoms with van der Waals surface area (Å²) >= 11 is 0. The Morgan fingerprint density at radius 3 is 2.39 bits per heavy atom. The molecule has 0 bridgehead atoms. The van der Waals surface area contributed by atoms with Gasteiger partial charge in [0, 0.05) is 12.1 Å². The minimum Gasteiger partial charge on any atom is -0.327 e. The standard InChI is InChI=1S/C13H25N3O2/c1-6-9-12(18)15-10(17)7-16(9)11(8(2)14)13(3,4)5/h8-9,11H,6-7,14H2,1-5H3,(H,15,17,18). The van der Waals surface area contributed by atoms with Crippen LogP contribution < -0.4 is 11.1 Å². The lowest BCUT2D eigenvalue weighted by Crippen LogP contribution is -2.66. The fraction of sp³-hybridized carbons (Fsp3) is 0.846. The summed E-state index contributed by atoms with van der Waals surface area (Å²) in [6, 6.07) is -0.367. The molecule has 1 saturated heterocycles. The zero-order valence-electron chi connectivity index (χ0n) is 12.0. The number of carbonyl (C=O) groups excluding carboxylic acids is 2. The molecule has 1 aliphatic rings. The molecular formula is C13H25N3O2. The highest BCUT2D eigenvalue weighted by Gasteiger charge is 2.42. The van der Waals surface area contributed by atoms with Crippen LogP contribution in [-0.2, 0) is 9.59 Å². The first kappa shape index (κ1) is 15.1. The van der Waals surface area contributed by atoms with E-state index in [1.165, 1.54) is 0 Å². The molecule has 2 amide bonds. The molecule has 1 rings (SSSR count). The molecular weight excluding hydrogens is 230 g/mol. The van der Waals surface area contributed by atoms with E-state index in [-0.39, 0.29) is 41.9 Å². The van der Waals surface area contributed by atoms with E-state index in [1.54, 1.807) is 0 Å². The summed E-state index contributed by atoms with van der Waals surface area (Å²) in [6.45, 7) is 10.4. The van der Waals surface area contributed by atoms with Crippen molar-refractivity contribution in [1.82, 2.24) is 10.2 Å². The van der Waals surface area contributed by atoms with Crippen LogP contribution in [0, 0.1) is 5.41 Å². The van der Waals surface area contributed by atoms with E-state index in [4.69, 9.17) is 5.73 Å². The van der Waals surface area contributed by atoms with E-state index >= 15 is 0 Å². The number of nitrogens with two attached hydrogens (primary N) is 1. The number of nitrogens with one attached hydrogen (secondary N) is 1. The minimum absolute atomic E-state index is 0.00236. The number of imide groups is 1. The van der Waals surface area contributed by atoms with E-state index in [2.05, 4.69) is 26.1 Å². The predicted molar refractivity (Wildman–Crippen MR) is 70.8 cm³/mol. The fourth-order valence-corrected chi connectivity index (χ4v) is 2.99. The van der Waals surface area contributed by atoms with Crippen molar-refractivity contribution in [2.24, 2.45) is 11.1 Å². The molecule has 3 N–H and O–H groups in total. The molecule has 1 aliphatic heterocycles. The molecule has 0 saturated carbocycles. The third kappa shape index (κ3) is 3.09. The maximum absolute atomic E-state index is 11.9. The molecule has 5 heteroatoms. The van der Waals surface area contributed by atoms with Gasteiger partial charge in [0.2, 0.25) is 11.8 Å². The van der Waals surface area contributed by atoms with Gasteiger partial charge in [0.25, 0.3) is 0 Å². The maximum atomic E-state index is 11.9. The lowest BCUT2D eigenvalue weighted by Gasteiger charge is -2.46. The van der Waals surface area contributed by atoms with Gasteiger partial charge in [-0.15, -0.1) is 0 Å². The molecule has 0 radical (unpaired) electrons. The van der Waals surface area contributed by atoms with Crippen LogP contribution in [0.1, 0.15) is 41.0 Å². The van der Waals surface area contributed by atoms with E-state index in [9.17, 15) is 9.59 Å². The van der Waals surface area contributed by atoms with Gasteiger partial charge >= 0.3 is 0 Å². The summed E-state index contributed by atoms with van der Waals surface area (Å²) in [5.41, 5.74) is 5.99. The van der Waals surface area contributed by atoms with E-state index in [0.717, 1.165) is 0 Å². The molecule has 3 atom stereocenters. The molecule has 3 unspecified atom stereocenters. The fourth-order valence-electron chi connectivity index (χ4n) is 2.99. The first-order chi connectivity index (χ1) is 8.18. The van der Waals surface area contributed by atoms with Crippen LogP contribution in [0.3, 0.4) is 0 Å². The van der Waals surface area contributed by atoms with Crippen molar-refractivity contribution in [3.63, 3.8) is 0 Å². The predicted octanol–water partition coefficient (Wildman–Crippen LogP) is 0.485. The average Bonchev–Trinajstić information content (AvgIpc) is 2.13. The van der Waals surface area contributed by atoms with Crippen LogP contribution in [0.15, 0.2) is 0 Å². The molecule has 1 heterocycles. The van der Waals surface area contributed by atoms with Crippen LogP contribution in [0.5, 0.6) is 0 Å². The van der Waals surface area contributed by atoms with E-state index < -0.39 is 0 Å². The van der Waals surface area contributed by atoms with Gasteiger partial charge in [-0.05, 0) is 18.8 Å². The second-order valence-corrected chi connectivity index (χ2v) is 6.18. The lowest BCUT2D eigenvalue weighted by molar-refractivity contribution is -0.143. The van der Waals surface area contributed by atoms with Gasteiger partial charge in [-0.1, -0.05) is 27.7 Å². The number of rotatable bonds is 3. The van der Waals surface area contributed by atoms with Crippen molar-refractivity contribution < 1.29 is 9.59 Å². The van der Waals surface area contributed by atoms with Crippen molar-refractivity contribution in [2.45, 2.75) is 59.2 Å². The van der Waals surface area contributed by atoms with Crippen molar-refractivity contribution in [1.29, 1.82) is 0 Å². The highest BCUT2D eigenvalue weighted by Crippen LogP contribution is 2.29. The van der Waals surface area contributed by atoms with Crippen LogP contribution in [0.2, 0.25) is 0 Å². The van der Waals surface area contributed by atoms with Gasteiger partial charge < -0.3 is 5.73 Å². The molecule has 104 valence electrons. The normalized spacial score (nSPS) is 25.8. The van der Waals surface area contributed by atoms with Gasteiger partial charge in [-0.25, -0.2) is 0 Å². The largest absolute Gasteiger partial charge is 0.327 e. The van der Waals surface area contributed by atoms with Gasteiger partial charge in [0.15, 0.2) is 0 Å². The number of amides is 2. The Hall–Kier alpha value is -0.940. The SMILES string of the molecule is CCC1C(=O)NC(=O)CN1C(C(C)N)C(C)(C)C. The quantitative estimate of drug-likeness (QED) is 0.720. The molecule has 0 aliphatic carbocycles. The summed E-state index contributed by atoms with van der Waals surface area (Å²) in [4.78, 5) is 25.4. The van der Waals surface area contributed by atoms with Crippen molar-refractivity contribution in [3.8, 4) is 0 Å². The Morgan fingerprint density at radius 2 is 2.00 bits per heavy atom. The number of nitrogens with zero attached hydrogens (tertiary/aromatic N) is 1. The summed E-state index contributed by atoms with van der Waals surface area (Å²) in [5, 5.41) is 2.40. The number of hydrogen-bond donors (Lipinski definition) is 2. The molecule has 1 fully saturated rings. The number of piperazine rings is 1. The lowest BCUT2D eigenvalue weighted by atomic mass is 9.80. The van der Waals surface area contributed by atoms with Crippen LogP contribution >= 0.6 is 0 Å². The van der Waals surface area contributed by atoms with Crippen molar-refractivity contribution >= 4 is 11.8 Å². The van der Waals surface area contributed by atoms with Gasteiger partial charge in [0.05, 0.1) is 12.6 Å². The second kappa shape index (κ2) is 5.36. The minimum atomic E-state index is -0.266. The molecule has 18 heavy (non-hydrogen) atoms. The Labute approximate surface area is 109 Å². The Kier molecular flexibility index (Phi) is 4.50. The monoisotopic (exact) mass is 255 g/mol. The van der Waals surface area contributed by atoms with Crippen molar-refractivity contribution in [2.75, 3.05) is 6.54 Å². The molecule has 0 aromatic carbocycles. The third-order valence-electron chi connectivity index (χ3n) is 3.42. The summed E-state index contributed by atoms with van der Waals surface area (Å²) < 4.78 is 0. The summed E-state index contributed by atoms with van der Waals surface area (Å²) in [5.74, 6) is -0.441. The molecule has 0 aromatic rings. The zero-order chi connectivity index (χ0) is 14.1. The average molecular weight is 255 g/mol. The Morgan fingerprint density at radius 1 is 1.44 bits per heavy atom. The summed E-state index contributed by atoms with van der Waals surface area (Å²) in [6.07, 6.45) is 0.679. The smallest absolute Gasteiger partial charge is 0.243 e. The van der Waals surface area contributed by atoms with Crippen molar-refractivity contribution in [3.05, 3.63) is 0 Å². The first-order valence-electron chi connectivity index (χ1n) is 6.53. The first-order valence-corrected chi connectivity index (χ1v) is 6.53. The Balaban J connectivity index is 3.07. The molecule has 0 spiro atoms. The van der Waals surface area contributed by atoms with Gasteiger partial charge in [0.1, 0.15) is 0 Å². The van der Waals surface area contributed by atoms with E-state index in [1.807, 2.05) is 18.7 Å². The maximum Gasteiger partial charge on any atom is 0.243 e. The van der Waals surface area contributed by atoms with Crippen LogP contribution in [0.25, 0.3) is 0 Å². The third-order valence-corrected chi connectivity index (χ3v) is 3.42. The van der Waals surface area contributed by atoms with Crippen LogP contribution in [0.4, 0.5) is 0 Å². The highest BCUT2D eigenvalue weighted by atomic mass is 16.2. The topological polar surface area (TPSA) is 75.4 Å². The zero-order valence-corrected chi connectivity index (χ0v) is 12.0. The highest BCUT2D eigenvalue weighted by molar-refractivity contribution is 6.01. The molecule has 0 aromatic heterocycles. The van der Waals surface area contributed by atoms with E-state index in [0.29, 0.717) is 6.42 Å².